The van der Waals surface area contributed by atoms with E-state index >= 15 is 0 Å². The van der Waals surface area contributed by atoms with Gasteiger partial charge in [-0.15, -0.1) is 0 Å². The Hall–Kier alpha value is -2.05. The topological polar surface area (TPSA) is 89.9 Å². The molecule has 8 heteroatoms. The fourth-order valence-electron chi connectivity index (χ4n) is 4.25. The number of fused-ring (bicyclic) bond motifs is 3. The monoisotopic (exact) mass is 412 g/mol. The minimum Gasteiger partial charge on any atom is -0.481 e. The van der Waals surface area contributed by atoms with Crippen LogP contribution in [0.2, 0.25) is 10.0 Å². The van der Waals surface area contributed by atoms with Gasteiger partial charge in [0.25, 0.3) is 0 Å². The smallest absolute Gasteiger partial charge is 0.352 e. The highest BCUT2D eigenvalue weighted by Crippen LogP contribution is 2.60. The molecule has 1 aromatic carbocycles. The lowest BCUT2D eigenvalue weighted by Crippen LogP contribution is -2.36. The molecule has 6 nitrogen and oxygen atoms in total. The average Bonchev–Trinajstić information content (AvgIpc) is 2.91. The number of ketones is 1. The summed E-state index contributed by atoms with van der Waals surface area (Å²) < 4.78 is 0. The maximum absolute atomic E-state index is 12.3. The van der Waals surface area contributed by atoms with E-state index in [0.717, 1.165) is 11.1 Å². The molecule has 27 heavy (non-hydrogen) atoms. The summed E-state index contributed by atoms with van der Waals surface area (Å²) in [6.07, 6.45) is 2.78. The Morgan fingerprint density at radius 2 is 2.04 bits per heavy atom. The predicted octanol–water partition coefficient (Wildman–Crippen LogP) is 4.25. The molecule has 0 aromatic heterocycles. The number of allylic oxidation sites excluding steroid dienone is 2. The lowest BCUT2D eigenvalue weighted by atomic mass is 9.62. The molecule has 2 aliphatic carbocycles. The first-order valence-corrected chi connectivity index (χ1v) is 9.28. The largest absolute Gasteiger partial charge is 0.481 e. The molecule has 0 saturated heterocycles. The molecule has 144 valence electrons. The highest BCUT2D eigenvalue weighted by atomic mass is 35.5. The molecule has 2 unspecified atom stereocenters. The maximum atomic E-state index is 12.3. The maximum Gasteiger partial charge on any atom is 0.352 e. The molecule has 0 aliphatic heterocycles. The molecule has 0 saturated carbocycles. The molecule has 1 aromatic rings. The number of hydrogen-bond acceptors (Lipinski definition) is 5. The van der Waals surface area contributed by atoms with Gasteiger partial charge in [-0.05, 0) is 42.0 Å². The molecular formula is C19H18Cl2O6. The summed E-state index contributed by atoms with van der Waals surface area (Å²) in [6.45, 7) is 3.16. The summed E-state index contributed by atoms with van der Waals surface area (Å²) in [4.78, 5) is 44.2. The number of halogens is 2. The van der Waals surface area contributed by atoms with E-state index in [1.165, 1.54) is 6.92 Å². The van der Waals surface area contributed by atoms with Crippen LogP contribution in [0, 0.1) is 11.3 Å². The number of carboxylic acids is 1. The van der Waals surface area contributed by atoms with Crippen LogP contribution in [-0.4, -0.2) is 22.8 Å². The quantitative estimate of drug-likeness (QED) is 0.574. The van der Waals surface area contributed by atoms with Gasteiger partial charge in [0.1, 0.15) is 5.02 Å². The van der Waals surface area contributed by atoms with Gasteiger partial charge in [0, 0.05) is 30.7 Å². The van der Waals surface area contributed by atoms with Crippen LogP contribution in [0.25, 0.3) is 5.57 Å². The van der Waals surface area contributed by atoms with Gasteiger partial charge in [-0.2, -0.15) is 0 Å². The van der Waals surface area contributed by atoms with Crippen molar-refractivity contribution in [2.24, 2.45) is 11.3 Å². The molecule has 1 N–H and O–H groups in total. The molecule has 0 spiro atoms. The van der Waals surface area contributed by atoms with E-state index in [1.807, 2.05) is 6.92 Å². The second-order valence-corrected chi connectivity index (χ2v) is 7.66. The highest BCUT2D eigenvalue weighted by Gasteiger charge is 2.51. The minimum absolute atomic E-state index is 0.0669. The molecule has 2 atom stereocenters. The first-order valence-electron chi connectivity index (χ1n) is 8.52. The Kier molecular flexibility index (Phi) is 5.23. The van der Waals surface area contributed by atoms with E-state index in [0.29, 0.717) is 18.4 Å². The number of aliphatic carboxylic acids is 1. The van der Waals surface area contributed by atoms with Crippen LogP contribution in [-0.2, 0) is 25.7 Å². The molecular weight excluding hydrogens is 395 g/mol. The summed E-state index contributed by atoms with van der Waals surface area (Å²) in [5.41, 5.74) is 1.64. The normalized spacial score (nSPS) is 23.3. The van der Waals surface area contributed by atoms with Crippen molar-refractivity contribution in [1.29, 1.82) is 0 Å². The van der Waals surface area contributed by atoms with Gasteiger partial charge < -0.3 is 5.11 Å². The molecule has 0 bridgehead atoms. The van der Waals surface area contributed by atoms with Crippen molar-refractivity contribution < 1.29 is 29.3 Å². The number of carbonyl (C=O) groups excluding carboxylic acids is 2. The summed E-state index contributed by atoms with van der Waals surface area (Å²) in [5, 5.41) is 9.58. The van der Waals surface area contributed by atoms with Gasteiger partial charge in [0.15, 0.2) is 11.5 Å². The van der Waals surface area contributed by atoms with E-state index in [9.17, 15) is 19.5 Å². The standard InChI is InChI=1S/C19H18Cl2O6/c1-3-19-8-10-4-14(27-26-9(2)22)17(20)18(21)16(10)13(19)7-12(23)5-11(19)6-15(24)25/h4,7,11H,3,5-6,8H2,1-2H3,(H,24,25). The lowest BCUT2D eigenvalue weighted by Gasteiger charge is -2.40. The lowest BCUT2D eigenvalue weighted by molar-refractivity contribution is -0.210. The Morgan fingerprint density at radius 3 is 2.63 bits per heavy atom. The molecule has 0 heterocycles. The third-order valence-corrected chi connectivity index (χ3v) is 6.25. The Bertz CT molecular complexity index is 875. The van der Waals surface area contributed by atoms with Crippen molar-refractivity contribution in [3.05, 3.63) is 33.3 Å². The van der Waals surface area contributed by atoms with Crippen LogP contribution in [0.15, 0.2) is 12.1 Å². The summed E-state index contributed by atoms with van der Waals surface area (Å²) in [5.74, 6) is -1.95. The molecule has 2 aliphatic rings. The van der Waals surface area contributed by atoms with Crippen molar-refractivity contribution in [2.75, 3.05) is 0 Å². The fourth-order valence-corrected chi connectivity index (χ4v) is 4.75. The van der Waals surface area contributed by atoms with Gasteiger partial charge in [0.05, 0.1) is 5.02 Å². The predicted molar refractivity (Wildman–Crippen MR) is 98.6 cm³/mol. The van der Waals surface area contributed by atoms with Crippen LogP contribution in [0.4, 0.5) is 0 Å². The Labute approximate surface area is 166 Å². The zero-order chi connectivity index (χ0) is 19.9. The second kappa shape index (κ2) is 7.17. The Morgan fingerprint density at radius 1 is 1.33 bits per heavy atom. The van der Waals surface area contributed by atoms with E-state index < -0.39 is 17.4 Å². The molecule has 0 fully saturated rings. The number of hydrogen-bond donors (Lipinski definition) is 1. The van der Waals surface area contributed by atoms with Crippen molar-refractivity contribution in [3.63, 3.8) is 0 Å². The number of rotatable bonds is 5. The van der Waals surface area contributed by atoms with E-state index in [1.54, 1.807) is 12.1 Å². The number of carboxylic acid groups (broad SMARTS) is 1. The first-order chi connectivity index (χ1) is 12.7. The van der Waals surface area contributed by atoms with E-state index in [-0.39, 0.29) is 40.3 Å². The SMILES string of the molecule is CCC12Cc3cc(OOC(C)=O)c(Cl)c(Cl)c3C1=CC(=O)CC2CC(=O)O. The molecule has 3 rings (SSSR count). The van der Waals surface area contributed by atoms with Crippen LogP contribution < -0.4 is 4.89 Å². The Balaban J connectivity index is 2.12. The summed E-state index contributed by atoms with van der Waals surface area (Å²) in [7, 11) is 0. The summed E-state index contributed by atoms with van der Waals surface area (Å²) >= 11 is 12.8. The average molecular weight is 413 g/mol. The van der Waals surface area contributed by atoms with Crippen LogP contribution >= 0.6 is 23.2 Å². The third kappa shape index (κ3) is 3.32. The zero-order valence-corrected chi connectivity index (χ0v) is 16.3. The van der Waals surface area contributed by atoms with Crippen molar-refractivity contribution in [2.45, 2.75) is 39.5 Å². The molecule has 0 amide bonds. The zero-order valence-electron chi connectivity index (χ0n) is 14.8. The van der Waals surface area contributed by atoms with Crippen molar-refractivity contribution >= 4 is 46.5 Å². The van der Waals surface area contributed by atoms with Crippen LogP contribution in [0.5, 0.6) is 5.75 Å². The third-order valence-electron chi connectivity index (χ3n) is 5.40. The number of carbonyl (C=O) groups is 3. The van der Waals surface area contributed by atoms with Crippen LogP contribution in [0.3, 0.4) is 0 Å². The second-order valence-electron chi connectivity index (χ2n) is 6.90. The van der Waals surface area contributed by atoms with Crippen molar-refractivity contribution in [1.82, 2.24) is 0 Å². The van der Waals surface area contributed by atoms with Gasteiger partial charge in [-0.1, -0.05) is 30.1 Å². The molecule has 0 radical (unpaired) electrons. The van der Waals surface area contributed by atoms with Gasteiger partial charge in [-0.25, -0.2) is 4.79 Å². The first kappa shape index (κ1) is 19.7. The van der Waals surface area contributed by atoms with Gasteiger partial charge >= 0.3 is 11.9 Å². The fraction of sp³-hybridized carbons (Fsp3) is 0.421. The van der Waals surface area contributed by atoms with Gasteiger partial charge in [0.2, 0.25) is 0 Å². The van der Waals surface area contributed by atoms with Gasteiger partial charge in [-0.3, -0.25) is 19.4 Å². The highest BCUT2D eigenvalue weighted by molar-refractivity contribution is 6.44. The van der Waals surface area contributed by atoms with Crippen LogP contribution in [0.1, 0.15) is 44.2 Å². The van der Waals surface area contributed by atoms with E-state index in [2.05, 4.69) is 4.89 Å². The minimum atomic E-state index is -0.944. The van der Waals surface area contributed by atoms with Crippen molar-refractivity contribution in [3.8, 4) is 5.75 Å². The van der Waals surface area contributed by atoms with E-state index in [4.69, 9.17) is 28.1 Å². The summed E-state index contributed by atoms with van der Waals surface area (Å²) in [6, 6.07) is 1.63. The number of benzene rings is 1.